The van der Waals surface area contributed by atoms with Crippen LogP contribution >= 0.6 is 22.9 Å². The van der Waals surface area contributed by atoms with E-state index in [-0.39, 0.29) is 5.69 Å². The summed E-state index contributed by atoms with van der Waals surface area (Å²) in [4.78, 5) is 19.5. The Hall–Kier alpha value is -3.62. The zero-order chi connectivity index (χ0) is 20.9. The van der Waals surface area contributed by atoms with Crippen LogP contribution in [-0.4, -0.2) is 20.6 Å². The molecule has 0 unspecified atom stereocenters. The van der Waals surface area contributed by atoms with Crippen LogP contribution in [0, 0.1) is 10.1 Å². The number of rotatable bonds is 6. The van der Waals surface area contributed by atoms with Gasteiger partial charge in [0.25, 0.3) is 5.69 Å². The zero-order valence-electron chi connectivity index (χ0n) is 15.4. The van der Waals surface area contributed by atoms with Crippen LogP contribution in [0.5, 0.6) is 0 Å². The average molecular weight is 436 g/mol. The van der Waals surface area contributed by atoms with Gasteiger partial charge in [-0.2, -0.15) is 5.10 Å². The van der Waals surface area contributed by atoms with Gasteiger partial charge >= 0.3 is 0 Å². The first kappa shape index (κ1) is 19.7. The molecule has 0 fully saturated rings. The average Bonchev–Trinajstić information content (AvgIpc) is 3.25. The van der Waals surface area contributed by atoms with E-state index in [1.54, 1.807) is 30.5 Å². The van der Waals surface area contributed by atoms with Gasteiger partial charge < -0.3 is 0 Å². The summed E-state index contributed by atoms with van der Waals surface area (Å²) >= 11 is 7.36. The molecule has 9 heteroatoms. The third kappa shape index (κ3) is 4.51. The Bertz CT molecular complexity index is 1210. The van der Waals surface area contributed by atoms with Gasteiger partial charge in [-0.05, 0) is 24.3 Å². The molecule has 4 rings (SSSR count). The number of hydrogen-bond acceptors (Lipinski definition) is 7. The molecular formula is C21H14ClN5O2S. The summed E-state index contributed by atoms with van der Waals surface area (Å²) in [6.07, 6.45) is 1.70. The Morgan fingerprint density at radius 1 is 1.10 bits per heavy atom. The highest BCUT2D eigenvalue weighted by Gasteiger charge is 2.12. The lowest BCUT2D eigenvalue weighted by Crippen LogP contribution is -2.08. The second kappa shape index (κ2) is 8.81. The molecule has 7 nitrogen and oxygen atoms in total. The van der Waals surface area contributed by atoms with Gasteiger partial charge in [0.2, 0.25) is 5.13 Å². The Kier molecular flexibility index (Phi) is 5.78. The van der Waals surface area contributed by atoms with Crippen molar-refractivity contribution in [2.75, 3.05) is 5.43 Å². The molecule has 0 aliphatic carbocycles. The summed E-state index contributed by atoms with van der Waals surface area (Å²) in [5.41, 5.74) is 6.48. The van der Waals surface area contributed by atoms with E-state index in [1.807, 2.05) is 35.7 Å². The summed E-state index contributed by atoms with van der Waals surface area (Å²) in [5, 5.41) is 18.5. The summed E-state index contributed by atoms with van der Waals surface area (Å²) in [5.74, 6) is 0. The summed E-state index contributed by atoms with van der Waals surface area (Å²) in [7, 11) is 0. The Balaban J connectivity index is 1.63. The van der Waals surface area contributed by atoms with Gasteiger partial charge in [-0.25, -0.2) is 4.98 Å². The predicted octanol–water partition coefficient (Wildman–Crippen LogP) is 5.63. The number of hydrazone groups is 1. The van der Waals surface area contributed by atoms with Crippen molar-refractivity contribution in [3.8, 4) is 11.3 Å². The molecule has 0 aliphatic rings. The molecule has 0 radical (unpaired) electrons. The van der Waals surface area contributed by atoms with Crippen LogP contribution in [0.2, 0.25) is 5.02 Å². The third-order valence-electron chi connectivity index (χ3n) is 4.15. The molecule has 4 aromatic rings. The SMILES string of the molecule is O=[N+]([O-])c1cccc(-c2csc(N/N=C(\c3ccc(Cl)cc3)c3ccccn3)n2)c1. The molecule has 0 amide bonds. The third-order valence-corrected chi connectivity index (χ3v) is 5.14. The molecule has 1 N–H and O–H groups in total. The van der Waals surface area contributed by atoms with Crippen molar-refractivity contribution in [2.45, 2.75) is 0 Å². The molecule has 0 aliphatic heterocycles. The first-order valence-corrected chi connectivity index (χ1v) is 10.1. The van der Waals surface area contributed by atoms with E-state index in [2.05, 4.69) is 20.5 Å². The lowest BCUT2D eigenvalue weighted by Gasteiger charge is -2.06. The van der Waals surface area contributed by atoms with E-state index in [0.29, 0.717) is 32.8 Å². The van der Waals surface area contributed by atoms with Gasteiger partial charge in [-0.15, -0.1) is 11.3 Å². The maximum Gasteiger partial charge on any atom is 0.270 e. The predicted molar refractivity (Wildman–Crippen MR) is 119 cm³/mol. The monoisotopic (exact) mass is 435 g/mol. The summed E-state index contributed by atoms with van der Waals surface area (Å²) < 4.78 is 0. The second-order valence-corrected chi connectivity index (χ2v) is 7.43. The minimum Gasteiger partial charge on any atom is -0.258 e. The number of nitro benzene ring substituents is 1. The number of nitrogens with zero attached hydrogens (tertiary/aromatic N) is 4. The normalized spacial score (nSPS) is 11.3. The molecule has 0 saturated heterocycles. The lowest BCUT2D eigenvalue weighted by atomic mass is 10.1. The van der Waals surface area contributed by atoms with E-state index in [4.69, 9.17) is 11.6 Å². The number of halogens is 1. The highest BCUT2D eigenvalue weighted by Crippen LogP contribution is 2.27. The molecule has 0 atom stereocenters. The molecule has 148 valence electrons. The van der Waals surface area contributed by atoms with Gasteiger partial charge in [-0.1, -0.05) is 41.9 Å². The Labute approximate surface area is 180 Å². The zero-order valence-corrected chi connectivity index (χ0v) is 17.0. The molecule has 0 saturated carbocycles. The molecule has 30 heavy (non-hydrogen) atoms. The van der Waals surface area contributed by atoms with Crippen LogP contribution in [0.3, 0.4) is 0 Å². The summed E-state index contributed by atoms with van der Waals surface area (Å²) in [6, 6.07) is 19.3. The number of non-ortho nitro benzene ring substituents is 1. The van der Waals surface area contributed by atoms with Crippen molar-refractivity contribution >= 4 is 39.5 Å². The maximum absolute atomic E-state index is 11.0. The first-order chi connectivity index (χ1) is 14.6. The molecule has 2 aromatic carbocycles. The topological polar surface area (TPSA) is 93.3 Å². The number of hydrogen-bond donors (Lipinski definition) is 1. The van der Waals surface area contributed by atoms with Gasteiger partial charge in [0.15, 0.2) is 0 Å². The van der Waals surface area contributed by atoms with Crippen molar-refractivity contribution in [3.05, 3.63) is 105 Å². The number of benzene rings is 2. The summed E-state index contributed by atoms with van der Waals surface area (Å²) in [6.45, 7) is 0. The number of pyridine rings is 1. The number of anilines is 1. The Morgan fingerprint density at radius 2 is 1.93 bits per heavy atom. The largest absolute Gasteiger partial charge is 0.270 e. The molecule has 2 aromatic heterocycles. The van der Waals surface area contributed by atoms with Gasteiger partial charge in [0.05, 0.1) is 16.3 Å². The molecule has 2 heterocycles. The molecule has 0 bridgehead atoms. The van der Waals surface area contributed by atoms with Gasteiger partial charge in [-0.3, -0.25) is 20.5 Å². The fraction of sp³-hybridized carbons (Fsp3) is 0. The van der Waals surface area contributed by atoms with Crippen molar-refractivity contribution in [2.24, 2.45) is 5.10 Å². The fourth-order valence-corrected chi connectivity index (χ4v) is 3.51. The maximum atomic E-state index is 11.0. The van der Waals surface area contributed by atoms with Crippen LogP contribution in [-0.2, 0) is 0 Å². The first-order valence-electron chi connectivity index (χ1n) is 8.81. The van der Waals surface area contributed by atoms with E-state index in [1.165, 1.54) is 23.5 Å². The van der Waals surface area contributed by atoms with Crippen LogP contribution < -0.4 is 5.43 Å². The smallest absolute Gasteiger partial charge is 0.258 e. The molecule has 0 spiro atoms. The number of nitro groups is 1. The van der Waals surface area contributed by atoms with Crippen molar-refractivity contribution in [1.82, 2.24) is 9.97 Å². The van der Waals surface area contributed by atoms with Crippen LogP contribution in [0.1, 0.15) is 11.3 Å². The quantitative estimate of drug-likeness (QED) is 0.240. The van der Waals surface area contributed by atoms with Crippen molar-refractivity contribution in [3.63, 3.8) is 0 Å². The minimum atomic E-state index is -0.426. The number of aromatic nitrogens is 2. The van der Waals surface area contributed by atoms with Crippen LogP contribution in [0.25, 0.3) is 11.3 Å². The van der Waals surface area contributed by atoms with E-state index < -0.39 is 4.92 Å². The van der Waals surface area contributed by atoms with E-state index >= 15 is 0 Å². The fourth-order valence-electron chi connectivity index (χ4n) is 2.72. The van der Waals surface area contributed by atoms with Gasteiger partial charge in [0, 0.05) is 39.9 Å². The lowest BCUT2D eigenvalue weighted by molar-refractivity contribution is -0.384. The number of thiazole rings is 1. The Morgan fingerprint density at radius 3 is 2.67 bits per heavy atom. The van der Waals surface area contributed by atoms with Crippen molar-refractivity contribution < 1.29 is 4.92 Å². The second-order valence-electron chi connectivity index (χ2n) is 6.14. The van der Waals surface area contributed by atoms with E-state index in [9.17, 15) is 10.1 Å². The van der Waals surface area contributed by atoms with Crippen LogP contribution in [0.4, 0.5) is 10.8 Å². The van der Waals surface area contributed by atoms with Gasteiger partial charge in [0.1, 0.15) is 5.71 Å². The standard InChI is InChI=1S/C21H14ClN5O2S/c22-16-9-7-14(8-10-16)20(18-6-1-2-11-23-18)25-26-21-24-19(13-30-21)15-4-3-5-17(12-15)27(28)29/h1-13H,(H,24,26)/b25-20+. The minimum absolute atomic E-state index is 0.0215. The molecular weight excluding hydrogens is 422 g/mol. The van der Waals surface area contributed by atoms with Crippen LogP contribution in [0.15, 0.2) is 83.4 Å². The van der Waals surface area contributed by atoms with E-state index in [0.717, 1.165) is 5.56 Å². The van der Waals surface area contributed by atoms with Crippen molar-refractivity contribution in [1.29, 1.82) is 0 Å². The highest BCUT2D eigenvalue weighted by molar-refractivity contribution is 7.14. The highest BCUT2D eigenvalue weighted by atomic mass is 35.5. The number of nitrogens with one attached hydrogen (secondary N) is 1.